The van der Waals surface area contributed by atoms with Crippen LogP contribution in [-0.2, 0) is 9.59 Å². The highest BCUT2D eigenvalue weighted by Gasteiger charge is 2.35. The lowest BCUT2D eigenvalue weighted by molar-refractivity contribution is -0.122. The topological polar surface area (TPSA) is 78.5 Å². The minimum atomic E-state index is -0.534. The predicted octanol–water partition coefficient (Wildman–Crippen LogP) is 2.69. The molecule has 6 nitrogen and oxygen atoms in total. The Morgan fingerprint density at radius 3 is 2.75 bits per heavy atom. The van der Waals surface area contributed by atoms with Gasteiger partial charge in [-0.15, -0.1) is 6.42 Å². The maximum atomic E-state index is 12.7. The molecule has 7 heteroatoms. The number of benzene rings is 2. The molecule has 0 saturated carbocycles. The van der Waals surface area contributed by atoms with Crippen molar-refractivity contribution in [3.8, 4) is 12.3 Å². The molecule has 0 aromatic heterocycles. The molecular formula is C21H18ClN3O3. The van der Waals surface area contributed by atoms with E-state index >= 15 is 0 Å². The largest absolute Gasteiger partial charge is 0.341 e. The standard InChI is InChI=1S/C21H18ClN3O3/c1-2-10-23-21(28)17-8-3-4-9-18(17)24-20(27)14-11-19(26)25(13-14)16-7-5-6-15(22)12-16/h1,3-9,12,14H,10-11,13H2,(H,23,28)(H,24,27). The van der Waals surface area contributed by atoms with E-state index in [4.69, 9.17) is 18.0 Å². The third kappa shape index (κ3) is 4.33. The van der Waals surface area contributed by atoms with Crippen LogP contribution in [0.15, 0.2) is 48.5 Å². The van der Waals surface area contributed by atoms with Crippen LogP contribution in [0.1, 0.15) is 16.8 Å². The van der Waals surface area contributed by atoms with Crippen molar-refractivity contribution < 1.29 is 14.4 Å². The Kier molecular flexibility index (Phi) is 5.97. The Bertz CT molecular complexity index is 967. The first-order valence-electron chi connectivity index (χ1n) is 8.67. The van der Waals surface area contributed by atoms with Crippen molar-refractivity contribution in [2.24, 2.45) is 5.92 Å². The smallest absolute Gasteiger partial charge is 0.254 e. The van der Waals surface area contributed by atoms with Gasteiger partial charge in [-0.2, -0.15) is 0 Å². The van der Waals surface area contributed by atoms with Crippen LogP contribution in [0.4, 0.5) is 11.4 Å². The zero-order valence-corrected chi connectivity index (χ0v) is 15.7. The number of halogens is 1. The summed E-state index contributed by atoms with van der Waals surface area (Å²) in [6.07, 6.45) is 5.25. The third-order valence-electron chi connectivity index (χ3n) is 4.40. The summed E-state index contributed by atoms with van der Waals surface area (Å²) in [7, 11) is 0. The molecule has 0 radical (unpaired) electrons. The number of carbonyl (C=O) groups excluding carboxylic acids is 3. The van der Waals surface area contributed by atoms with Crippen LogP contribution in [0.3, 0.4) is 0 Å². The van der Waals surface area contributed by atoms with E-state index in [1.165, 1.54) is 0 Å². The first-order valence-corrected chi connectivity index (χ1v) is 9.05. The Morgan fingerprint density at radius 2 is 2.00 bits per heavy atom. The summed E-state index contributed by atoms with van der Waals surface area (Å²) >= 11 is 5.99. The molecule has 28 heavy (non-hydrogen) atoms. The second-order valence-electron chi connectivity index (χ2n) is 6.31. The van der Waals surface area contributed by atoms with Crippen LogP contribution >= 0.6 is 11.6 Å². The van der Waals surface area contributed by atoms with Gasteiger partial charge in [-0.3, -0.25) is 14.4 Å². The van der Waals surface area contributed by atoms with Gasteiger partial charge in [-0.25, -0.2) is 0 Å². The van der Waals surface area contributed by atoms with Crippen molar-refractivity contribution >= 4 is 40.7 Å². The van der Waals surface area contributed by atoms with Gasteiger partial charge in [-0.1, -0.05) is 35.7 Å². The van der Waals surface area contributed by atoms with Gasteiger partial charge in [0.2, 0.25) is 11.8 Å². The Morgan fingerprint density at radius 1 is 1.21 bits per heavy atom. The fourth-order valence-electron chi connectivity index (χ4n) is 3.03. The summed E-state index contributed by atoms with van der Waals surface area (Å²) in [5.74, 6) is 0.945. The van der Waals surface area contributed by atoms with E-state index in [9.17, 15) is 14.4 Å². The van der Waals surface area contributed by atoms with Crippen molar-refractivity contribution in [3.05, 3.63) is 59.1 Å². The molecular weight excluding hydrogens is 378 g/mol. The van der Waals surface area contributed by atoms with Crippen LogP contribution in [0.2, 0.25) is 5.02 Å². The second-order valence-corrected chi connectivity index (χ2v) is 6.74. The molecule has 0 spiro atoms. The zero-order valence-electron chi connectivity index (χ0n) is 14.9. The van der Waals surface area contributed by atoms with E-state index in [1.807, 2.05) is 0 Å². The second kappa shape index (κ2) is 8.59. The molecule has 1 heterocycles. The highest BCUT2D eigenvalue weighted by atomic mass is 35.5. The molecule has 142 valence electrons. The number of para-hydroxylation sites is 1. The highest BCUT2D eigenvalue weighted by molar-refractivity contribution is 6.31. The lowest BCUT2D eigenvalue weighted by Gasteiger charge is -2.17. The SMILES string of the molecule is C#CCNC(=O)c1ccccc1NC(=O)C1CC(=O)N(c2cccc(Cl)c2)C1. The first kappa shape index (κ1) is 19.5. The number of hydrogen-bond acceptors (Lipinski definition) is 3. The first-order chi connectivity index (χ1) is 13.5. The van der Waals surface area contributed by atoms with E-state index in [0.717, 1.165) is 0 Å². The molecule has 1 unspecified atom stereocenters. The quantitative estimate of drug-likeness (QED) is 0.764. The fraction of sp³-hybridized carbons (Fsp3) is 0.190. The summed E-state index contributed by atoms with van der Waals surface area (Å²) in [6, 6.07) is 13.6. The number of nitrogens with one attached hydrogen (secondary N) is 2. The summed E-state index contributed by atoms with van der Waals surface area (Å²) < 4.78 is 0. The molecule has 2 aromatic carbocycles. The molecule has 2 N–H and O–H groups in total. The van der Waals surface area contributed by atoms with Gasteiger partial charge < -0.3 is 15.5 Å². The van der Waals surface area contributed by atoms with Crippen molar-refractivity contribution in [3.63, 3.8) is 0 Å². The predicted molar refractivity (Wildman–Crippen MR) is 108 cm³/mol. The minimum absolute atomic E-state index is 0.0871. The van der Waals surface area contributed by atoms with Gasteiger partial charge in [-0.05, 0) is 30.3 Å². The van der Waals surface area contributed by atoms with E-state index < -0.39 is 5.92 Å². The maximum Gasteiger partial charge on any atom is 0.254 e. The molecule has 1 atom stereocenters. The van der Waals surface area contributed by atoms with Crippen LogP contribution < -0.4 is 15.5 Å². The summed E-state index contributed by atoms with van der Waals surface area (Å²) in [5.41, 5.74) is 1.33. The lowest BCUT2D eigenvalue weighted by Crippen LogP contribution is -2.29. The van der Waals surface area contributed by atoms with Gasteiger partial charge in [0.1, 0.15) is 0 Å². The number of anilines is 2. The number of amides is 3. The van der Waals surface area contributed by atoms with E-state index in [0.29, 0.717) is 22.0 Å². The fourth-order valence-corrected chi connectivity index (χ4v) is 3.21. The number of rotatable bonds is 5. The normalized spacial score (nSPS) is 15.8. The summed E-state index contributed by atoms with van der Waals surface area (Å²) in [4.78, 5) is 38.8. The van der Waals surface area contributed by atoms with Gasteiger partial charge in [0.15, 0.2) is 0 Å². The van der Waals surface area contributed by atoms with Crippen LogP contribution in [0.5, 0.6) is 0 Å². The van der Waals surface area contributed by atoms with Gasteiger partial charge in [0.05, 0.1) is 23.7 Å². The number of hydrogen-bond donors (Lipinski definition) is 2. The average Bonchev–Trinajstić information content (AvgIpc) is 3.08. The Balaban J connectivity index is 1.72. The van der Waals surface area contributed by atoms with E-state index in [1.54, 1.807) is 53.4 Å². The molecule has 1 aliphatic heterocycles. The lowest BCUT2D eigenvalue weighted by atomic mass is 10.1. The molecule has 3 amide bonds. The van der Waals surface area contributed by atoms with Crippen molar-refractivity contribution in [1.82, 2.24) is 5.32 Å². The van der Waals surface area contributed by atoms with Gasteiger partial charge in [0.25, 0.3) is 5.91 Å². The van der Waals surface area contributed by atoms with E-state index in [-0.39, 0.29) is 37.2 Å². The number of terminal acetylenes is 1. The molecule has 0 aliphatic carbocycles. The molecule has 1 fully saturated rings. The summed E-state index contributed by atoms with van der Waals surface area (Å²) in [5, 5.41) is 5.85. The maximum absolute atomic E-state index is 12.7. The monoisotopic (exact) mass is 395 g/mol. The molecule has 1 saturated heterocycles. The van der Waals surface area contributed by atoms with Crippen LogP contribution in [0.25, 0.3) is 0 Å². The zero-order chi connectivity index (χ0) is 20.1. The minimum Gasteiger partial charge on any atom is -0.341 e. The molecule has 1 aliphatic rings. The number of nitrogens with zero attached hydrogens (tertiary/aromatic N) is 1. The average molecular weight is 396 g/mol. The van der Waals surface area contributed by atoms with Crippen LogP contribution in [0, 0.1) is 18.3 Å². The van der Waals surface area contributed by atoms with Crippen LogP contribution in [-0.4, -0.2) is 30.8 Å². The Labute approximate surface area is 167 Å². The van der Waals surface area contributed by atoms with Gasteiger partial charge >= 0.3 is 0 Å². The van der Waals surface area contributed by atoms with E-state index in [2.05, 4.69) is 16.6 Å². The third-order valence-corrected chi connectivity index (χ3v) is 4.63. The molecule has 3 rings (SSSR count). The molecule has 2 aromatic rings. The van der Waals surface area contributed by atoms with Crippen molar-refractivity contribution in [2.45, 2.75) is 6.42 Å². The van der Waals surface area contributed by atoms with Gasteiger partial charge in [0, 0.05) is 23.7 Å². The Hall–Kier alpha value is -3.30. The summed E-state index contributed by atoms with van der Waals surface area (Å²) in [6.45, 7) is 0.337. The highest BCUT2D eigenvalue weighted by Crippen LogP contribution is 2.28. The van der Waals surface area contributed by atoms with Crippen molar-refractivity contribution in [2.75, 3.05) is 23.3 Å². The van der Waals surface area contributed by atoms with Crippen molar-refractivity contribution in [1.29, 1.82) is 0 Å². The molecule has 0 bridgehead atoms. The number of carbonyl (C=O) groups is 3.